The lowest BCUT2D eigenvalue weighted by atomic mass is 9.78. The zero-order valence-electron chi connectivity index (χ0n) is 13.1. The van der Waals surface area contributed by atoms with Gasteiger partial charge in [0.15, 0.2) is 0 Å². The van der Waals surface area contributed by atoms with Crippen molar-refractivity contribution < 1.29 is 9.18 Å². The fourth-order valence-electron chi connectivity index (χ4n) is 3.14. The van der Waals surface area contributed by atoms with E-state index in [0.717, 1.165) is 28.3 Å². The minimum Gasteiger partial charge on any atom is -0.341 e. The number of aromatic nitrogens is 2. The summed E-state index contributed by atoms with van der Waals surface area (Å²) in [5.41, 5.74) is 3.70. The fraction of sp³-hybridized carbons (Fsp3) is 0.278. The quantitative estimate of drug-likeness (QED) is 0.808. The van der Waals surface area contributed by atoms with Gasteiger partial charge in [-0.05, 0) is 35.4 Å². The molecule has 4 nitrogen and oxygen atoms in total. The molecule has 2 aliphatic rings. The van der Waals surface area contributed by atoms with E-state index in [4.69, 9.17) is 4.98 Å². The molecule has 2 heterocycles. The van der Waals surface area contributed by atoms with Gasteiger partial charge in [0.25, 0.3) is 5.91 Å². The Morgan fingerprint density at radius 1 is 1.26 bits per heavy atom. The molecule has 1 aromatic heterocycles. The molecule has 0 fully saturated rings. The third kappa shape index (κ3) is 2.00. The number of aliphatic imine (C=N–C) groups is 1. The minimum absolute atomic E-state index is 0.152. The molecular weight excluding hydrogens is 293 g/mol. The molecule has 116 valence electrons. The molecule has 0 saturated heterocycles. The number of carbonyl (C=O) groups is 1. The number of hydrogen-bond acceptors (Lipinski definition) is 2. The molecule has 1 unspecified atom stereocenters. The van der Waals surface area contributed by atoms with Gasteiger partial charge in [0, 0.05) is 17.2 Å². The van der Waals surface area contributed by atoms with E-state index < -0.39 is 5.92 Å². The summed E-state index contributed by atoms with van der Waals surface area (Å²) >= 11 is 0. The van der Waals surface area contributed by atoms with Crippen LogP contribution in [0.5, 0.6) is 0 Å². The highest BCUT2D eigenvalue weighted by molar-refractivity contribution is 6.12. The molecular formula is C18H16FN3O. The predicted octanol–water partition coefficient (Wildman–Crippen LogP) is 3.60. The number of nitrogens with zero attached hydrogens (tertiary/aromatic N) is 2. The molecule has 2 aromatic rings. The average Bonchev–Trinajstić information content (AvgIpc) is 2.92. The van der Waals surface area contributed by atoms with Crippen molar-refractivity contribution in [3.8, 4) is 11.3 Å². The zero-order chi connectivity index (χ0) is 16.4. The van der Waals surface area contributed by atoms with E-state index in [1.54, 1.807) is 12.1 Å². The van der Waals surface area contributed by atoms with Gasteiger partial charge < -0.3 is 4.98 Å². The molecule has 1 N–H and O–H groups in total. The number of carbonyl (C=O) groups excluding carboxylic acids is 1. The molecule has 1 aromatic carbocycles. The summed E-state index contributed by atoms with van der Waals surface area (Å²) in [6.45, 7) is 6.21. The van der Waals surface area contributed by atoms with Crippen molar-refractivity contribution in [3.05, 3.63) is 47.2 Å². The Morgan fingerprint density at radius 2 is 2.04 bits per heavy atom. The molecule has 0 spiro atoms. The maximum Gasteiger partial charge on any atom is 0.257 e. The molecule has 1 aliphatic heterocycles. The van der Waals surface area contributed by atoms with Gasteiger partial charge in [-0.15, -0.1) is 0 Å². The lowest BCUT2D eigenvalue weighted by molar-refractivity contribution is -0.118. The number of rotatable bonds is 0. The molecule has 0 radical (unpaired) electrons. The van der Waals surface area contributed by atoms with Crippen LogP contribution in [0, 0.1) is 5.82 Å². The lowest BCUT2D eigenvalue weighted by Crippen LogP contribution is -2.20. The second-order valence-corrected chi connectivity index (χ2v) is 6.96. The van der Waals surface area contributed by atoms with Crippen LogP contribution >= 0.6 is 0 Å². The molecule has 1 amide bonds. The van der Waals surface area contributed by atoms with Crippen LogP contribution in [0.3, 0.4) is 0 Å². The first kappa shape index (κ1) is 14.1. The highest BCUT2D eigenvalue weighted by atomic mass is 19.1. The average molecular weight is 309 g/mol. The molecule has 0 saturated carbocycles. The van der Waals surface area contributed by atoms with E-state index in [2.05, 4.69) is 30.7 Å². The summed E-state index contributed by atoms with van der Waals surface area (Å²) in [5.74, 6) is -0.367. The van der Waals surface area contributed by atoms with Crippen molar-refractivity contribution in [1.82, 2.24) is 9.97 Å². The van der Waals surface area contributed by atoms with Crippen molar-refractivity contribution >= 4 is 17.7 Å². The highest BCUT2D eigenvalue weighted by Crippen LogP contribution is 2.47. The summed E-state index contributed by atoms with van der Waals surface area (Å²) in [4.78, 5) is 24.3. The molecule has 1 atom stereocenters. The summed E-state index contributed by atoms with van der Waals surface area (Å²) in [7, 11) is 0. The first-order chi connectivity index (χ1) is 10.9. The molecule has 0 bridgehead atoms. The number of imidazole rings is 1. The second-order valence-electron chi connectivity index (χ2n) is 6.96. The Balaban J connectivity index is 2.05. The maximum atomic E-state index is 13.8. The van der Waals surface area contributed by atoms with Crippen molar-refractivity contribution in [2.24, 2.45) is 4.99 Å². The normalized spacial score (nSPS) is 19.0. The van der Waals surface area contributed by atoms with Crippen LogP contribution in [-0.2, 0) is 10.2 Å². The monoisotopic (exact) mass is 309 g/mol. The van der Waals surface area contributed by atoms with Crippen LogP contribution in [0.15, 0.2) is 29.3 Å². The van der Waals surface area contributed by atoms with E-state index in [0.29, 0.717) is 5.56 Å². The third-order valence-corrected chi connectivity index (χ3v) is 4.30. The van der Waals surface area contributed by atoms with Gasteiger partial charge in [0.05, 0.1) is 17.3 Å². The first-order valence-electron chi connectivity index (χ1n) is 7.55. The van der Waals surface area contributed by atoms with E-state index in [-0.39, 0.29) is 17.1 Å². The molecule has 1 aliphatic carbocycles. The number of H-pyrrole nitrogens is 1. The SMILES string of the molecule is CC(C)(C)c1nc2c([nH]1)-c1ccc(F)cc1C1C(=O)N=CC=C21. The fourth-order valence-corrected chi connectivity index (χ4v) is 3.14. The predicted molar refractivity (Wildman–Crippen MR) is 86.9 cm³/mol. The third-order valence-electron chi connectivity index (χ3n) is 4.30. The Kier molecular flexibility index (Phi) is 2.73. The first-order valence-corrected chi connectivity index (χ1v) is 7.55. The number of hydrogen-bond donors (Lipinski definition) is 1. The Hall–Kier alpha value is -2.56. The highest BCUT2D eigenvalue weighted by Gasteiger charge is 2.38. The number of allylic oxidation sites excluding steroid dienone is 1. The smallest absolute Gasteiger partial charge is 0.257 e. The summed E-state index contributed by atoms with van der Waals surface area (Å²) in [6, 6.07) is 4.54. The number of amides is 1. The van der Waals surface area contributed by atoms with Gasteiger partial charge in [0.1, 0.15) is 11.6 Å². The van der Waals surface area contributed by atoms with Gasteiger partial charge in [0.2, 0.25) is 0 Å². The Morgan fingerprint density at radius 3 is 2.78 bits per heavy atom. The van der Waals surface area contributed by atoms with Crippen LogP contribution < -0.4 is 0 Å². The van der Waals surface area contributed by atoms with E-state index >= 15 is 0 Å². The number of dihydropyridines is 1. The van der Waals surface area contributed by atoms with Crippen molar-refractivity contribution in [2.75, 3.05) is 0 Å². The largest absolute Gasteiger partial charge is 0.341 e. The van der Waals surface area contributed by atoms with Crippen molar-refractivity contribution in [2.45, 2.75) is 32.1 Å². The van der Waals surface area contributed by atoms with E-state index in [9.17, 15) is 9.18 Å². The van der Waals surface area contributed by atoms with E-state index in [1.165, 1.54) is 18.3 Å². The Bertz CT molecular complexity index is 899. The summed E-state index contributed by atoms with van der Waals surface area (Å²) in [6.07, 6.45) is 3.29. The zero-order valence-corrected chi connectivity index (χ0v) is 13.1. The number of benzene rings is 1. The molecule has 23 heavy (non-hydrogen) atoms. The molecule has 4 rings (SSSR count). The van der Waals surface area contributed by atoms with Crippen LogP contribution in [0.2, 0.25) is 0 Å². The number of nitrogens with one attached hydrogen (secondary N) is 1. The second kappa shape index (κ2) is 4.47. The van der Waals surface area contributed by atoms with Gasteiger partial charge in [-0.1, -0.05) is 20.8 Å². The van der Waals surface area contributed by atoms with Crippen molar-refractivity contribution in [1.29, 1.82) is 0 Å². The van der Waals surface area contributed by atoms with E-state index in [1.807, 2.05) is 0 Å². The number of aromatic amines is 1. The van der Waals surface area contributed by atoms with Crippen LogP contribution in [0.25, 0.3) is 16.8 Å². The Labute approximate surface area is 133 Å². The lowest BCUT2D eigenvalue weighted by Gasteiger charge is -2.26. The van der Waals surface area contributed by atoms with Gasteiger partial charge >= 0.3 is 0 Å². The van der Waals surface area contributed by atoms with Gasteiger partial charge in [-0.25, -0.2) is 14.4 Å². The van der Waals surface area contributed by atoms with Crippen molar-refractivity contribution in [3.63, 3.8) is 0 Å². The topological polar surface area (TPSA) is 58.1 Å². The molecule has 5 heteroatoms. The van der Waals surface area contributed by atoms with Crippen LogP contribution in [0.4, 0.5) is 4.39 Å². The van der Waals surface area contributed by atoms with Gasteiger partial charge in [-0.3, -0.25) is 4.79 Å². The number of fused-ring (bicyclic) bond motifs is 6. The summed E-state index contributed by atoms with van der Waals surface area (Å²) < 4.78 is 13.8. The maximum absolute atomic E-state index is 13.8. The minimum atomic E-state index is -0.575. The van der Waals surface area contributed by atoms with Crippen LogP contribution in [-0.4, -0.2) is 22.1 Å². The standard InChI is InChI=1S/C18H16FN3O/c1-18(2,3)17-21-14-10-5-4-9(19)8-12(10)13-11(15(14)22-17)6-7-20-16(13)23/h4-8,13H,1-3H3,(H,21,22). The number of halogens is 1. The summed E-state index contributed by atoms with van der Waals surface area (Å²) in [5, 5.41) is 0. The van der Waals surface area contributed by atoms with Crippen LogP contribution in [0.1, 0.15) is 43.8 Å². The van der Waals surface area contributed by atoms with Gasteiger partial charge in [-0.2, -0.15) is 0 Å².